The highest BCUT2D eigenvalue weighted by molar-refractivity contribution is 5.56. The largest absolute Gasteiger partial charge is 0.472 e. The molecular formula is C103H140F5N3O3. The van der Waals surface area contributed by atoms with Crippen molar-refractivity contribution >= 4 is 11.4 Å². The fourth-order valence-corrected chi connectivity index (χ4v) is 12.0. The molecular weight excluding hydrogens is 1420 g/mol. The van der Waals surface area contributed by atoms with Crippen LogP contribution < -0.4 is 0 Å². The fraction of sp³-hybridized carbons (Fsp3) is 0.485. The summed E-state index contributed by atoms with van der Waals surface area (Å²) in [5.41, 5.74) is 10.6. The van der Waals surface area contributed by atoms with Crippen molar-refractivity contribution < 1.29 is 35.2 Å². The van der Waals surface area contributed by atoms with Gasteiger partial charge in [0.2, 0.25) is 0 Å². The minimum atomic E-state index is -4.24. The zero-order valence-corrected chi connectivity index (χ0v) is 75.6. The van der Waals surface area contributed by atoms with E-state index in [0.717, 1.165) is 105 Å². The maximum absolute atomic E-state index is 13.1. The van der Waals surface area contributed by atoms with E-state index in [1.807, 2.05) is 145 Å². The highest BCUT2D eigenvalue weighted by Gasteiger charge is 2.41. The predicted octanol–water partition coefficient (Wildman–Crippen LogP) is 32.3. The van der Waals surface area contributed by atoms with E-state index in [-0.39, 0.29) is 60.4 Å². The zero-order chi connectivity index (χ0) is 87.5. The standard InChI is InChI=1S/C11H13F3.3C11H13N.C11H18.2C10H13F.2C10H16O.C8H12O/c1-10(2,3)8-4-6-9(7-5-8)11(12,13)14;2*1-11(2,3)9-7-5-6-8-10(9)12-4;1-11(2,3)10-6-4-9(8-12)5-7-10;1-11(2,3)10-7-8-4-5-9(10)6-8;1-10(2,3)8-4-6-9(11)7-5-8;1-10(2,3)8-6-4-5-7-9(8)11;2*1-5-8-6-7-9(11-8)10(2,3)4;1-8(2,3)7-4-5-9-6-7/h4-7H,1-3H3;2*5-8H,1-3H3;4-7H,1-3H3;4-5,8-10H,6-7H2,1-3H3;2*4-7H,1-3H3;2*6-7H,5H2,1-4H3;4-6H,1-3H3. The van der Waals surface area contributed by atoms with Crippen LogP contribution in [0.4, 0.5) is 33.3 Å². The molecule has 6 nitrogen and oxygen atoms in total. The second-order valence-corrected chi connectivity index (χ2v) is 39.8. The van der Waals surface area contributed by atoms with Gasteiger partial charge in [-0.1, -0.05) is 337 Å². The maximum atomic E-state index is 13.1. The molecule has 3 unspecified atom stereocenters. The summed E-state index contributed by atoms with van der Waals surface area (Å²) in [4.78, 5) is 6.97. The Kier molecular flexibility index (Phi) is 38.2. The molecule has 0 amide bonds. The normalized spacial score (nSPS) is 14.6. The third-order valence-electron chi connectivity index (χ3n) is 19.3. The van der Waals surface area contributed by atoms with Crippen molar-refractivity contribution in [1.82, 2.24) is 0 Å². The monoisotopic (exact) mass is 1560 g/mol. The van der Waals surface area contributed by atoms with Crippen molar-refractivity contribution in [3.8, 4) is 6.07 Å². The third-order valence-corrected chi connectivity index (χ3v) is 19.3. The molecule has 3 atom stereocenters. The number of furan rings is 3. The molecule has 3 aromatic heterocycles. The van der Waals surface area contributed by atoms with E-state index in [9.17, 15) is 22.0 Å². The Morgan fingerprint density at radius 2 is 0.737 bits per heavy atom. The highest BCUT2D eigenvalue weighted by Crippen LogP contribution is 2.51. The molecule has 620 valence electrons. The average Bonchev–Trinajstić information content (AvgIpc) is 1.64. The first-order valence-corrected chi connectivity index (χ1v) is 40.2. The van der Waals surface area contributed by atoms with E-state index in [0.29, 0.717) is 5.41 Å². The Morgan fingerprint density at radius 1 is 0.386 bits per heavy atom. The molecule has 0 N–H and O–H groups in total. The summed E-state index contributed by atoms with van der Waals surface area (Å²) < 4.78 is 78.3. The first-order valence-electron chi connectivity index (χ1n) is 40.2. The molecule has 6 aromatic carbocycles. The molecule has 0 aliphatic heterocycles. The van der Waals surface area contributed by atoms with E-state index in [1.54, 1.807) is 18.6 Å². The lowest BCUT2D eigenvalue weighted by molar-refractivity contribution is -0.137. The lowest BCUT2D eigenvalue weighted by Crippen LogP contribution is -2.23. The van der Waals surface area contributed by atoms with Crippen LogP contribution in [-0.2, 0) is 67.8 Å². The van der Waals surface area contributed by atoms with Gasteiger partial charge in [0, 0.05) is 23.7 Å². The Hall–Kier alpha value is -8.98. The molecule has 114 heavy (non-hydrogen) atoms. The van der Waals surface area contributed by atoms with Gasteiger partial charge in [-0.3, -0.25) is 0 Å². The number of benzene rings is 6. The summed E-state index contributed by atoms with van der Waals surface area (Å²) in [7, 11) is 0. The minimum Gasteiger partial charge on any atom is -0.472 e. The topological polar surface area (TPSA) is 71.9 Å². The van der Waals surface area contributed by atoms with E-state index in [2.05, 4.69) is 232 Å². The van der Waals surface area contributed by atoms with Gasteiger partial charge in [-0.15, -0.1) is 0 Å². The minimum absolute atomic E-state index is 0.0706. The Labute approximate surface area is 687 Å². The molecule has 3 heterocycles. The maximum Gasteiger partial charge on any atom is 0.416 e. The molecule has 11 rings (SSSR count). The van der Waals surface area contributed by atoms with Crippen LogP contribution in [0.25, 0.3) is 9.69 Å². The number of halogens is 5. The van der Waals surface area contributed by atoms with Crippen LogP contribution in [0.3, 0.4) is 0 Å². The van der Waals surface area contributed by atoms with Crippen molar-refractivity contribution in [2.24, 2.45) is 23.2 Å². The lowest BCUT2D eigenvalue weighted by atomic mass is 9.73. The van der Waals surface area contributed by atoms with Crippen LogP contribution >= 0.6 is 0 Å². The summed E-state index contributed by atoms with van der Waals surface area (Å²) in [5, 5.41) is 8.58. The third kappa shape index (κ3) is 36.2. The molecule has 0 spiro atoms. The van der Waals surface area contributed by atoms with Crippen LogP contribution in [0.1, 0.15) is 308 Å². The Morgan fingerprint density at radius 3 is 0.965 bits per heavy atom. The zero-order valence-electron chi connectivity index (χ0n) is 75.6. The number of allylic oxidation sites excluding steroid dienone is 2. The van der Waals surface area contributed by atoms with Gasteiger partial charge in [-0.05, 0) is 186 Å². The molecule has 2 aliphatic carbocycles. The van der Waals surface area contributed by atoms with Crippen molar-refractivity contribution in [3.63, 3.8) is 0 Å². The summed E-state index contributed by atoms with van der Waals surface area (Å²) in [6, 6.07) is 54.5. The molecule has 0 radical (unpaired) electrons. The van der Waals surface area contributed by atoms with Gasteiger partial charge in [0.05, 0.1) is 42.9 Å². The average molecular weight is 1560 g/mol. The molecule has 1 saturated carbocycles. The van der Waals surface area contributed by atoms with Crippen molar-refractivity contribution in [3.05, 3.63) is 308 Å². The van der Waals surface area contributed by atoms with Gasteiger partial charge in [0.25, 0.3) is 0 Å². The first kappa shape index (κ1) is 101. The van der Waals surface area contributed by atoms with Gasteiger partial charge in [0.1, 0.15) is 34.7 Å². The highest BCUT2D eigenvalue weighted by atomic mass is 19.4. The molecule has 2 aliphatic rings. The second-order valence-electron chi connectivity index (χ2n) is 39.8. The first-order chi connectivity index (χ1) is 52.1. The number of fused-ring (bicyclic) bond motifs is 2. The molecule has 0 saturated heterocycles. The van der Waals surface area contributed by atoms with Gasteiger partial charge in [-0.2, -0.15) is 18.4 Å². The number of alkyl halides is 3. The van der Waals surface area contributed by atoms with Crippen LogP contribution in [0.5, 0.6) is 0 Å². The van der Waals surface area contributed by atoms with Crippen molar-refractivity contribution in [2.75, 3.05) is 0 Å². The summed E-state index contributed by atoms with van der Waals surface area (Å²) in [6.07, 6.45) is 8.99. The van der Waals surface area contributed by atoms with Crippen molar-refractivity contribution in [1.29, 1.82) is 5.26 Å². The SMILES string of the molecule is CC(C)(C)C1CC2C=CC1C2.CC(C)(C)c1ccc(C#N)cc1.CC(C)(C)c1ccc(C(F)(F)F)cc1.CC(C)(C)c1ccc(F)cc1.CC(C)(C)c1ccccc1F.CC(C)(C)c1ccoc1.CCc1ccc(C(C)(C)C)o1.CCc1ccc(C(C)(C)C)o1.[C-]#[N+]c1ccccc1C(C)(C)C.[C-]#[N+]c1ccccc1C(C)(C)C. The van der Waals surface area contributed by atoms with Gasteiger partial charge in [0.15, 0.2) is 11.4 Å². The Bertz CT molecular complexity index is 4260. The lowest BCUT2D eigenvalue weighted by Gasteiger charge is -2.32. The van der Waals surface area contributed by atoms with Gasteiger partial charge >= 0.3 is 6.18 Å². The smallest absolute Gasteiger partial charge is 0.416 e. The van der Waals surface area contributed by atoms with Crippen LogP contribution in [0.2, 0.25) is 0 Å². The number of nitrogens with zero attached hydrogens (tertiary/aromatic N) is 3. The second kappa shape index (κ2) is 43.1. The van der Waals surface area contributed by atoms with E-state index in [1.165, 1.54) is 59.9 Å². The Balaban J connectivity index is 0.000000430. The van der Waals surface area contributed by atoms with E-state index < -0.39 is 11.7 Å². The number of hydrogen-bond donors (Lipinski definition) is 0. The summed E-state index contributed by atoms with van der Waals surface area (Å²) in [5.74, 6) is 6.84. The number of aryl methyl sites for hydroxylation is 2. The van der Waals surface area contributed by atoms with E-state index >= 15 is 0 Å². The fourth-order valence-electron chi connectivity index (χ4n) is 12.0. The van der Waals surface area contributed by atoms with Crippen LogP contribution in [0, 0.1) is 59.3 Å². The molecule has 1 fully saturated rings. The predicted molar refractivity (Wildman–Crippen MR) is 472 cm³/mol. The number of rotatable bonds is 2. The molecule has 11 heteroatoms. The van der Waals surface area contributed by atoms with Crippen LogP contribution in [-0.4, -0.2) is 0 Å². The number of hydrogen-bond acceptors (Lipinski definition) is 4. The van der Waals surface area contributed by atoms with Gasteiger partial charge in [-0.25, -0.2) is 18.5 Å². The van der Waals surface area contributed by atoms with Crippen LogP contribution in [0.15, 0.2) is 214 Å². The number of para-hydroxylation sites is 2. The molecule has 9 aromatic rings. The summed E-state index contributed by atoms with van der Waals surface area (Å²) >= 11 is 0. The van der Waals surface area contributed by atoms with Crippen molar-refractivity contribution in [2.45, 2.75) is 302 Å². The quantitative estimate of drug-likeness (QED) is 0.0982. The number of nitriles is 1. The summed E-state index contributed by atoms with van der Waals surface area (Å²) in [6.45, 7) is 82.2. The van der Waals surface area contributed by atoms with E-state index in [4.69, 9.17) is 31.7 Å². The van der Waals surface area contributed by atoms with Gasteiger partial charge < -0.3 is 13.3 Å². The molecule has 2 bridgehead atoms.